The highest BCUT2D eigenvalue weighted by Crippen LogP contribution is 2.06. The highest BCUT2D eigenvalue weighted by atomic mass is 16.6. The Labute approximate surface area is 129 Å². The van der Waals surface area contributed by atoms with Gasteiger partial charge in [0.2, 0.25) is 0 Å². The Hall–Kier alpha value is -1.58. The summed E-state index contributed by atoms with van der Waals surface area (Å²) in [5, 5.41) is 0. The summed E-state index contributed by atoms with van der Waals surface area (Å²) in [7, 11) is 0. The van der Waals surface area contributed by atoms with Gasteiger partial charge in [-0.3, -0.25) is 0 Å². The van der Waals surface area contributed by atoms with E-state index >= 15 is 0 Å². The summed E-state index contributed by atoms with van der Waals surface area (Å²) >= 11 is 0. The fourth-order valence-electron chi connectivity index (χ4n) is 1.18. The van der Waals surface area contributed by atoms with Gasteiger partial charge in [-0.05, 0) is 41.0 Å². The van der Waals surface area contributed by atoms with E-state index in [1.807, 2.05) is 20.8 Å². The molecule has 4 nitrogen and oxygen atoms in total. The normalized spacial score (nSPS) is 11.1. The lowest BCUT2D eigenvalue weighted by molar-refractivity contribution is -0.148. The van der Waals surface area contributed by atoms with E-state index in [4.69, 9.17) is 9.47 Å². The molecule has 0 saturated heterocycles. The zero-order chi connectivity index (χ0) is 16.7. The summed E-state index contributed by atoms with van der Waals surface area (Å²) in [6.07, 6.45) is 9.44. The number of esters is 2. The smallest absolute Gasteiger partial charge is 0.330 e. The van der Waals surface area contributed by atoms with Gasteiger partial charge in [-0.15, -0.1) is 0 Å². The first-order valence-electron chi connectivity index (χ1n) is 7.42. The fourth-order valence-corrected chi connectivity index (χ4v) is 1.18. The Morgan fingerprint density at radius 1 is 0.952 bits per heavy atom. The molecule has 0 amide bonds. The molecule has 0 spiro atoms. The topological polar surface area (TPSA) is 52.6 Å². The van der Waals surface area contributed by atoms with Gasteiger partial charge < -0.3 is 9.47 Å². The minimum atomic E-state index is -0.378. The van der Waals surface area contributed by atoms with Crippen molar-refractivity contribution in [2.45, 2.75) is 66.4 Å². The van der Waals surface area contributed by atoms with Gasteiger partial charge >= 0.3 is 11.9 Å². The minimum absolute atomic E-state index is 0.233. The zero-order valence-corrected chi connectivity index (χ0v) is 14.3. The fraction of sp³-hybridized carbons (Fsp3) is 0.647. The highest BCUT2D eigenvalue weighted by Gasteiger charge is 2.13. The van der Waals surface area contributed by atoms with Crippen molar-refractivity contribution in [2.75, 3.05) is 6.61 Å². The molecule has 0 aromatic carbocycles. The summed E-state index contributed by atoms with van der Waals surface area (Å²) in [6.45, 7) is 11.8. The molecule has 0 radical (unpaired) electrons. The molecule has 0 N–H and O–H groups in total. The van der Waals surface area contributed by atoms with Gasteiger partial charge in [-0.25, -0.2) is 9.59 Å². The van der Waals surface area contributed by atoms with Crippen molar-refractivity contribution in [2.24, 2.45) is 0 Å². The molecule has 0 bridgehead atoms. The number of rotatable bonds is 6. The van der Waals surface area contributed by atoms with E-state index in [0.29, 0.717) is 6.61 Å². The second kappa shape index (κ2) is 13.4. The SMILES string of the molecule is CC=CC(=O)OC(C)(C)C.CC=CC(=O)OCCCCC. The summed E-state index contributed by atoms with van der Waals surface area (Å²) in [5.74, 6) is -0.515. The van der Waals surface area contributed by atoms with Crippen LogP contribution in [0.4, 0.5) is 0 Å². The van der Waals surface area contributed by atoms with Crippen molar-refractivity contribution in [3.63, 3.8) is 0 Å². The van der Waals surface area contributed by atoms with Gasteiger partial charge in [0.05, 0.1) is 6.61 Å². The van der Waals surface area contributed by atoms with Crippen molar-refractivity contribution in [3.8, 4) is 0 Å². The average molecular weight is 298 g/mol. The first-order valence-corrected chi connectivity index (χ1v) is 7.42. The molecule has 0 atom stereocenters. The van der Waals surface area contributed by atoms with Gasteiger partial charge in [0.1, 0.15) is 5.60 Å². The standard InChI is InChI=1S/C9H16O2.C8H14O2/c1-3-5-6-8-11-9(10)7-4-2;1-5-6-7(9)10-8(2,3)4/h4,7H,3,5-6,8H2,1-2H3;5-6H,1-4H3. The number of unbranched alkanes of at least 4 members (excludes halogenated alkanes) is 2. The van der Waals surface area contributed by atoms with Gasteiger partial charge in [0, 0.05) is 12.2 Å². The summed E-state index contributed by atoms with van der Waals surface area (Å²) in [5.41, 5.74) is -0.378. The highest BCUT2D eigenvalue weighted by molar-refractivity contribution is 5.82. The number of allylic oxidation sites excluding steroid dienone is 2. The van der Waals surface area contributed by atoms with E-state index < -0.39 is 0 Å². The van der Waals surface area contributed by atoms with Crippen LogP contribution in [0, 0.1) is 0 Å². The van der Waals surface area contributed by atoms with E-state index in [9.17, 15) is 9.59 Å². The molecule has 0 aromatic heterocycles. The Balaban J connectivity index is 0. The van der Waals surface area contributed by atoms with Crippen LogP contribution in [0.15, 0.2) is 24.3 Å². The van der Waals surface area contributed by atoms with Crippen LogP contribution in [-0.2, 0) is 19.1 Å². The van der Waals surface area contributed by atoms with E-state index in [-0.39, 0.29) is 17.5 Å². The molecule has 122 valence electrons. The molecule has 0 aliphatic carbocycles. The van der Waals surface area contributed by atoms with Gasteiger partial charge in [0.25, 0.3) is 0 Å². The van der Waals surface area contributed by atoms with Crippen LogP contribution in [0.25, 0.3) is 0 Å². The maximum Gasteiger partial charge on any atom is 0.330 e. The van der Waals surface area contributed by atoms with Gasteiger partial charge in [-0.2, -0.15) is 0 Å². The lowest BCUT2D eigenvalue weighted by atomic mass is 10.2. The lowest BCUT2D eigenvalue weighted by Gasteiger charge is -2.17. The molecule has 21 heavy (non-hydrogen) atoms. The largest absolute Gasteiger partial charge is 0.463 e. The number of carbonyl (C=O) groups excluding carboxylic acids is 2. The van der Waals surface area contributed by atoms with E-state index in [1.165, 1.54) is 12.2 Å². The third kappa shape index (κ3) is 20.9. The Morgan fingerprint density at radius 2 is 1.48 bits per heavy atom. The number of hydrogen-bond donors (Lipinski definition) is 0. The van der Waals surface area contributed by atoms with E-state index in [0.717, 1.165) is 19.3 Å². The first-order chi connectivity index (χ1) is 9.76. The monoisotopic (exact) mass is 298 g/mol. The molecule has 4 heteroatoms. The van der Waals surface area contributed by atoms with Crippen LogP contribution in [0.5, 0.6) is 0 Å². The zero-order valence-electron chi connectivity index (χ0n) is 14.3. The third-order valence-electron chi connectivity index (χ3n) is 2.00. The van der Waals surface area contributed by atoms with Crippen molar-refractivity contribution < 1.29 is 19.1 Å². The molecule has 0 aliphatic rings. The van der Waals surface area contributed by atoms with Crippen LogP contribution < -0.4 is 0 Å². The Morgan fingerprint density at radius 3 is 1.90 bits per heavy atom. The van der Waals surface area contributed by atoms with Crippen molar-refractivity contribution in [3.05, 3.63) is 24.3 Å². The number of ether oxygens (including phenoxy) is 2. The molecule has 0 saturated carbocycles. The second-order valence-electron chi connectivity index (χ2n) is 5.41. The second-order valence-corrected chi connectivity index (χ2v) is 5.41. The molecule has 0 aliphatic heterocycles. The molecule has 0 unspecified atom stereocenters. The van der Waals surface area contributed by atoms with Crippen molar-refractivity contribution >= 4 is 11.9 Å². The quantitative estimate of drug-likeness (QED) is 0.419. The maximum absolute atomic E-state index is 10.7. The van der Waals surface area contributed by atoms with Crippen molar-refractivity contribution in [1.82, 2.24) is 0 Å². The molecule has 0 rings (SSSR count). The third-order valence-corrected chi connectivity index (χ3v) is 2.00. The molecule has 0 heterocycles. The molecule has 0 fully saturated rings. The molecular weight excluding hydrogens is 268 g/mol. The van der Waals surface area contributed by atoms with Gasteiger partial charge in [0.15, 0.2) is 0 Å². The minimum Gasteiger partial charge on any atom is -0.463 e. The van der Waals surface area contributed by atoms with Crippen LogP contribution in [0.1, 0.15) is 60.8 Å². The maximum atomic E-state index is 10.7. The van der Waals surface area contributed by atoms with Gasteiger partial charge in [-0.1, -0.05) is 31.9 Å². The molecular formula is C17H30O4. The van der Waals surface area contributed by atoms with Crippen LogP contribution in [0.2, 0.25) is 0 Å². The van der Waals surface area contributed by atoms with Crippen LogP contribution >= 0.6 is 0 Å². The predicted molar refractivity (Wildman–Crippen MR) is 86.0 cm³/mol. The molecule has 0 aromatic rings. The summed E-state index contributed by atoms with van der Waals surface area (Å²) < 4.78 is 9.81. The van der Waals surface area contributed by atoms with Crippen LogP contribution in [0.3, 0.4) is 0 Å². The lowest BCUT2D eigenvalue weighted by Crippen LogP contribution is -2.22. The van der Waals surface area contributed by atoms with E-state index in [2.05, 4.69) is 6.92 Å². The summed E-state index contributed by atoms with van der Waals surface area (Å²) in [6, 6.07) is 0. The van der Waals surface area contributed by atoms with E-state index in [1.54, 1.807) is 26.0 Å². The Bertz CT molecular complexity index is 335. The Kier molecular flexibility index (Phi) is 13.9. The van der Waals surface area contributed by atoms with Crippen LogP contribution in [-0.4, -0.2) is 24.1 Å². The number of carbonyl (C=O) groups is 2. The predicted octanol–water partition coefficient (Wildman–Crippen LogP) is 4.20. The van der Waals surface area contributed by atoms with Crippen molar-refractivity contribution in [1.29, 1.82) is 0 Å². The number of hydrogen-bond acceptors (Lipinski definition) is 4. The first kappa shape index (κ1) is 21.7. The average Bonchev–Trinajstić information content (AvgIpc) is 2.34. The summed E-state index contributed by atoms with van der Waals surface area (Å²) in [4.78, 5) is 21.4.